The number of rotatable bonds is 2. The van der Waals surface area contributed by atoms with Gasteiger partial charge < -0.3 is 10.0 Å². The fourth-order valence-electron chi connectivity index (χ4n) is 3.53. The Kier molecular flexibility index (Phi) is 4.23. The van der Waals surface area contributed by atoms with E-state index in [-0.39, 0.29) is 0 Å². The molecule has 0 unspecified atom stereocenters. The largest absolute Gasteiger partial charge is 0.507 e. The van der Waals surface area contributed by atoms with E-state index in [0.717, 1.165) is 39.1 Å². The number of aromatic nitrogens is 2. The summed E-state index contributed by atoms with van der Waals surface area (Å²) in [6.07, 6.45) is 2.17. The smallest absolute Gasteiger partial charge is 0.147 e. The third kappa shape index (κ3) is 3.09. The summed E-state index contributed by atoms with van der Waals surface area (Å²) in [6.45, 7) is 5.16. The normalized spacial score (nSPS) is 15.6. The van der Waals surface area contributed by atoms with Gasteiger partial charge in [-0.2, -0.15) is 0 Å². The summed E-state index contributed by atoms with van der Waals surface area (Å²) >= 11 is 0. The van der Waals surface area contributed by atoms with Crippen LogP contribution in [0.5, 0.6) is 5.75 Å². The molecule has 0 spiro atoms. The summed E-state index contributed by atoms with van der Waals surface area (Å²) in [5.74, 6) is 1.15. The van der Waals surface area contributed by atoms with Crippen LogP contribution in [0.3, 0.4) is 0 Å². The molecule has 0 aliphatic carbocycles. The molecule has 0 saturated carbocycles. The fraction of sp³-hybridized carbons (Fsp3) is 0.333. The van der Waals surface area contributed by atoms with Gasteiger partial charge in [0.2, 0.25) is 0 Å². The number of alkyl halides is 1. The van der Waals surface area contributed by atoms with E-state index in [4.69, 9.17) is 4.98 Å². The third-order valence-corrected chi connectivity index (χ3v) is 5.10. The second kappa shape index (κ2) is 6.56. The summed E-state index contributed by atoms with van der Waals surface area (Å²) in [6, 6.07) is 9.97. The highest BCUT2D eigenvalue weighted by atomic mass is 19.1. The van der Waals surface area contributed by atoms with Gasteiger partial charge in [0.1, 0.15) is 17.7 Å². The van der Waals surface area contributed by atoms with Crippen molar-refractivity contribution in [3.05, 3.63) is 47.7 Å². The van der Waals surface area contributed by atoms with Crippen molar-refractivity contribution in [1.82, 2.24) is 9.97 Å². The molecule has 0 bridgehead atoms. The highest BCUT2D eigenvalue weighted by molar-refractivity contribution is 5.82. The number of hydrogen-bond acceptors (Lipinski definition) is 4. The number of phenolic OH excluding ortho intramolecular Hbond substituents is 1. The molecule has 4 rings (SSSR count). The van der Waals surface area contributed by atoms with Gasteiger partial charge in [-0.25, -0.2) is 9.37 Å². The Balaban J connectivity index is 1.72. The van der Waals surface area contributed by atoms with Crippen LogP contribution in [0.15, 0.2) is 36.5 Å². The monoisotopic (exact) mass is 351 g/mol. The van der Waals surface area contributed by atoms with Crippen LogP contribution < -0.4 is 4.90 Å². The minimum atomic E-state index is -0.702. The first-order chi connectivity index (χ1) is 12.5. The number of phenols is 1. The van der Waals surface area contributed by atoms with E-state index in [2.05, 4.69) is 9.88 Å². The van der Waals surface area contributed by atoms with Crippen molar-refractivity contribution in [2.45, 2.75) is 32.9 Å². The zero-order valence-corrected chi connectivity index (χ0v) is 15.0. The Morgan fingerprint density at radius 1 is 1.00 bits per heavy atom. The van der Waals surface area contributed by atoms with Gasteiger partial charge in [0, 0.05) is 13.1 Å². The standard InChI is InChI=1S/C21H22FN3O/c1-13-9-16(10-14(2)21(13)26)15-3-4-18-19(11-15)24-20(12-23-18)25-7-5-17(22)6-8-25/h3-4,9-12,17,26H,5-8H2,1-2H3. The Hall–Kier alpha value is -2.69. The lowest BCUT2D eigenvalue weighted by molar-refractivity contribution is 0.276. The molecule has 2 heterocycles. The summed E-state index contributed by atoms with van der Waals surface area (Å²) in [5, 5.41) is 9.99. The van der Waals surface area contributed by atoms with E-state index in [1.807, 2.05) is 44.2 Å². The summed E-state index contributed by atoms with van der Waals surface area (Å²) in [5.41, 5.74) is 5.46. The predicted molar refractivity (Wildman–Crippen MR) is 102 cm³/mol. The molecule has 3 aromatic rings. The summed E-state index contributed by atoms with van der Waals surface area (Å²) in [4.78, 5) is 11.4. The van der Waals surface area contributed by atoms with Gasteiger partial charge in [-0.1, -0.05) is 6.07 Å². The first kappa shape index (κ1) is 16.8. The van der Waals surface area contributed by atoms with E-state index < -0.39 is 6.17 Å². The molecule has 0 radical (unpaired) electrons. The number of fused-ring (bicyclic) bond motifs is 1. The van der Waals surface area contributed by atoms with Crippen molar-refractivity contribution in [2.75, 3.05) is 18.0 Å². The molecular weight excluding hydrogens is 329 g/mol. The molecule has 1 fully saturated rings. The average Bonchev–Trinajstić information content (AvgIpc) is 2.65. The maximum Gasteiger partial charge on any atom is 0.147 e. The highest BCUT2D eigenvalue weighted by Crippen LogP contribution is 2.31. The highest BCUT2D eigenvalue weighted by Gasteiger charge is 2.20. The lowest BCUT2D eigenvalue weighted by atomic mass is 9.99. The van der Waals surface area contributed by atoms with Crippen LogP contribution >= 0.6 is 0 Å². The van der Waals surface area contributed by atoms with Crippen LogP contribution in [0.2, 0.25) is 0 Å². The minimum absolute atomic E-state index is 0.341. The Morgan fingerprint density at radius 3 is 2.38 bits per heavy atom. The number of hydrogen-bond donors (Lipinski definition) is 1. The molecule has 2 aromatic carbocycles. The minimum Gasteiger partial charge on any atom is -0.507 e. The van der Waals surface area contributed by atoms with Crippen molar-refractivity contribution in [1.29, 1.82) is 0 Å². The fourth-order valence-corrected chi connectivity index (χ4v) is 3.53. The molecule has 0 amide bonds. The van der Waals surface area contributed by atoms with Crippen molar-refractivity contribution in [3.8, 4) is 16.9 Å². The molecule has 1 aliphatic heterocycles. The van der Waals surface area contributed by atoms with Crippen LogP contribution in [-0.2, 0) is 0 Å². The topological polar surface area (TPSA) is 49.2 Å². The molecule has 1 aliphatic rings. The Morgan fingerprint density at radius 2 is 1.69 bits per heavy atom. The second-order valence-electron chi connectivity index (χ2n) is 7.05. The van der Waals surface area contributed by atoms with Gasteiger partial charge in [-0.05, 0) is 73.2 Å². The molecule has 1 aromatic heterocycles. The molecule has 5 heteroatoms. The second-order valence-corrected chi connectivity index (χ2v) is 7.05. The number of anilines is 1. The van der Waals surface area contributed by atoms with Crippen LogP contribution in [0, 0.1) is 13.8 Å². The van der Waals surface area contributed by atoms with E-state index in [0.29, 0.717) is 31.7 Å². The molecule has 26 heavy (non-hydrogen) atoms. The lowest BCUT2D eigenvalue weighted by Crippen LogP contribution is -2.34. The molecule has 0 atom stereocenters. The van der Waals surface area contributed by atoms with Crippen molar-refractivity contribution < 1.29 is 9.50 Å². The van der Waals surface area contributed by atoms with Crippen molar-refractivity contribution >= 4 is 16.9 Å². The molecule has 4 nitrogen and oxygen atoms in total. The third-order valence-electron chi connectivity index (χ3n) is 5.10. The van der Waals surface area contributed by atoms with E-state index in [9.17, 15) is 9.50 Å². The van der Waals surface area contributed by atoms with Crippen LogP contribution in [-0.4, -0.2) is 34.3 Å². The predicted octanol–water partition coefficient (Wildman–Crippen LogP) is 4.56. The van der Waals surface area contributed by atoms with E-state index in [1.165, 1.54) is 0 Å². The quantitative estimate of drug-likeness (QED) is 0.735. The van der Waals surface area contributed by atoms with Gasteiger partial charge in [-0.3, -0.25) is 4.98 Å². The van der Waals surface area contributed by atoms with Gasteiger partial charge in [0.05, 0.1) is 17.2 Å². The lowest BCUT2D eigenvalue weighted by Gasteiger charge is -2.29. The van der Waals surface area contributed by atoms with E-state index in [1.54, 1.807) is 6.20 Å². The van der Waals surface area contributed by atoms with Crippen molar-refractivity contribution in [2.24, 2.45) is 0 Å². The van der Waals surface area contributed by atoms with Crippen LogP contribution in [0.4, 0.5) is 10.2 Å². The van der Waals surface area contributed by atoms with Gasteiger partial charge in [-0.15, -0.1) is 0 Å². The number of piperidine rings is 1. The number of benzene rings is 2. The molecular formula is C21H22FN3O. The van der Waals surface area contributed by atoms with Gasteiger partial charge in [0.25, 0.3) is 0 Å². The first-order valence-electron chi connectivity index (χ1n) is 8.97. The van der Waals surface area contributed by atoms with Crippen LogP contribution in [0.1, 0.15) is 24.0 Å². The first-order valence-corrected chi connectivity index (χ1v) is 8.97. The number of aryl methyl sites for hydroxylation is 2. The maximum absolute atomic E-state index is 13.4. The summed E-state index contributed by atoms with van der Waals surface area (Å²) < 4.78 is 13.4. The van der Waals surface area contributed by atoms with Crippen molar-refractivity contribution in [3.63, 3.8) is 0 Å². The average molecular weight is 351 g/mol. The molecule has 1 N–H and O–H groups in total. The molecule has 1 saturated heterocycles. The zero-order chi connectivity index (χ0) is 18.3. The number of halogens is 1. The zero-order valence-electron chi connectivity index (χ0n) is 15.0. The van der Waals surface area contributed by atoms with Crippen LogP contribution in [0.25, 0.3) is 22.2 Å². The Bertz CT molecular complexity index is 942. The molecule has 134 valence electrons. The number of aromatic hydroxyl groups is 1. The SMILES string of the molecule is Cc1cc(-c2ccc3ncc(N4CCC(F)CC4)nc3c2)cc(C)c1O. The Labute approximate surface area is 152 Å². The van der Waals surface area contributed by atoms with E-state index >= 15 is 0 Å². The van der Waals surface area contributed by atoms with Gasteiger partial charge >= 0.3 is 0 Å². The maximum atomic E-state index is 13.4. The number of nitrogens with zero attached hydrogens (tertiary/aromatic N) is 3. The summed E-state index contributed by atoms with van der Waals surface area (Å²) in [7, 11) is 0. The van der Waals surface area contributed by atoms with Gasteiger partial charge in [0.15, 0.2) is 0 Å².